The van der Waals surface area contributed by atoms with Crippen molar-refractivity contribution in [2.45, 2.75) is 39.5 Å². The first kappa shape index (κ1) is 2.14. The molecule has 0 bridgehead atoms. The van der Waals surface area contributed by atoms with Crippen molar-refractivity contribution in [2.24, 2.45) is 5.41 Å². The summed E-state index contributed by atoms with van der Waals surface area (Å²) in [6.45, 7) is -8.29. The monoisotopic (exact) mass is 164 g/mol. The molecule has 0 aromatic heterocycles. The molecule has 0 rings (SSSR count). The Hall–Kier alpha value is -0.210. The topological polar surface area (TPSA) is 0 Å². The first-order valence-electron chi connectivity index (χ1n) is 7.32. The van der Waals surface area contributed by atoms with E-state index >= 15 is 0 Å². The highest BCUT2D eigenvalue weighted by molar-refractivity contribution is 4.75. The van der Waals surface area contributed by atoms with Gasteiger partial charge in [-0.15, -0.1) is 0 Å². The lowest BCUT2D eigenvalue weighted by atomic mass is 9.87. The van der Waals surface area contributed by atoms with Crippen LogP contribution in [-0.4, -0.2) is 6.18 Å². The van der Waals surface area contributed by atoms with Crippen LogP contribution in [0.5, 0.6) is 0 Å². The Morgan fingerprint density at radius 2 is 1.90 bits per heavy atom. The van der Waals surface area contributed by atoms with E-state index in [0.29, 0.717) is 6.92 Å². The van der Waals surface area contributed by atoms with Crippen LogP contribution < -0.4 is 0 Å². The molecule has 0 nitrogen and oxygen atoms in total. The van der Waals surface area contributed by atoms with Gasteiger partial charge in [-0.2, -0.15) is 13.2 Å². The van der Waals surface area contributed by atoms with Crippen molar-refractivity contribution >= 4 is 0 Å². The van der Waals surface area contributed by atoms with Crippen LogP contribution in [0.1, 0.15) is 47.1 Å². The molecule has 0 aliphatic carbocycles. The molecule has 62 valence electrons. The second kappa shape index (κ2) is 2.81. The van der Waals surface area contributed by atoms with Gasteiger partial charge in [0.25, 0.3) is 0 Å². The second-order valence-corrected chi connectivity index (χ2v) is 1.62. The van der Waals surface area contributed by atoms with Crippen LogP contribution in [0, 0.1) is 5.41 Å². The van der Waals surface area contributed by atoms with Gasteiger partial charge in [-0.05, 0) is 6.37 Å². The van der Waals surface area contributed by atoms with Gasteiger partial charge in [0.15, 0.2) is 0 Å². The Morgan fingerprint density at radius 1 is 1.40 bits per heavy atom. The predicted molar refractivity (Wildman–Crippen MR) is 34.7 cm³/mol. The minimum absolute atomic E-state index is 0.366. The molecular weight excluding hydrogens is 141 g/mol. The van der Waals surface area contributed by atoms with Crippen LogP contribution in [0.15, 0.2) is 0 Å². The highest BCUT2D eigenvalue weighted by Gasteiger charge is 2.45. The average Bonchev–Trinajstić information content (AvgIpc) is 1.89. The van der Waals surface area contributed by atoms with E-state index in [-0.39, 0.29) is 0 Å². The van der Waals surface area contributed by atoms with E-state index in [0.717, 1.165) is 0 Å². The normalized spacial score (nSPS) is 34.0. The Morgan fingerprint density at radius 3 is 2.00 bits per heavy atom. The summed E-state index contributed by atoms with van der Waals surface area (Å²) < 4.78 is 110. The number of hydrogen-bond acceptors (Lipinski definition) is 0. The van der Waals surface area contributed by atoms with Crippen molar-refractivity contribution < 1.29 is 26.9 Å². The fraction of sp³-hybridized carbons (Fsp3) is 1.00. The van der Waals surface area contributed by atoms with E-state index in [4.69, 9.17) is 13.7 Å². The molecule has 0 radical (unpaired) electrons. The zero-order valence-corrected chi connectivity index (χ0v) is 5.13. The summed E-state index contributed by atoms with van der Waals surface area (Å²) in [5, 5.41) is 0. The molecule has 0 aliphatic heterocycles. The number of halogens is 3. The zero-order valence-electron chi connectivity index (χ0n) is 15.1. The molecule has 0 heterocycles. The summed E-state index contributed by atoms with van der Waals surface area (Å²) in [4.78, 5) is 0. The van der Waals surface area contributed by atoms with Gasteiger partial charge in [0.2, 0.25) is 0 Å². The highest BCUT2D eigenvalue weighted by atomic mass is 19.4. The van der Waals surface area contributed by atoms with Crippen molar-refractivity contribution in [3.63, 3.8) is 0 Å². The molecule has 0 atom stereocenters. The quantitative estimate of drug-likeness (QED) is 0.587. The third-order valence-corrected chi connectivity index (χ3v) is 0.738. The summed E-state index contributed by atoms with van der Waals surface area (Å²) in [5.41, 5.74) is -4.85. The lowest BCUT2D eigenvalue weighted by molar-refractivity contribution is -0.213. The van der Waals surface area contributed by atoms with E-state index in [9.17, 15) is 13.2 Å². The van der Waals surface area contributed by atoms with Crippen molar-refractivity contribution in [3.05, 3.63) is 0 Å². The highest BCUT2D eigenvalue weighted by Crippen LogP contribution is 2.40. The Labute approximate surface area is 73.5 Å². The molecule has 0 unspecified atom stereocenters. The Kier molecular flexibility index (Phi) is 0.601. The summed E-state index contributed by atoms with van der Waals surface area (Å²) >= 11 is 0. The van der Waals surface area contributed by atoms with Gasteiger partial charge in [0, 0.05) is 13.7 Å². The minimum Gasteiger partial charge on any atom is -0.171 e. The number of rotatable bonds is 2. The molecule has 0 aliphatic rings. The van der Waals surface area contributed by atoms with Crippen molar-refractivity contribution in [1.29, 1.82) is 0 Å². The fourth-order valence-corrected chi connectivity index (χ4v) is 0.258. The van der Waals surface area contributed by atoms with Crippen LogP contribution >= 0.6 is 0 Å². The van der Waals surface area contributed by atoms with Crippen molar-refractivity contribution in [2.75, 3.05) is 0 Å². The van der Waals surface area contributed by atoms with Crippen molar-refractivity contribution in [3.8, 4) is 0 Å². The van der Waals surface area contributed by atoms with E-state index in [1.165, 1.54) is 0 Å². The summed E-state index contributed by atoms with van der Waals surface area (Å²) in [6.07, 6.45) is -13.6. The lowest BCUT2D eigenvalue weighted by Gasteiger charge is -2.26. The van der Waals surface area contributed by atoms with E-state index in [2.05, 4.69) is 0 Å². The van der Waals surface area contributed by atoms with Crippen LogP contribution in [0.4, 0.5) is 13.2 Å². The minimum atomic E-state index is -6.02. The van der Waals surface area contributed by atoms with E-state index in [1.54, 1.807) is 0 Å². The summed E-state index contributed by atoms with van der Waals surface area (Å²) in [6, 6.07) is 0. The van der Waals surface area contributed by atoms with Gasteiger partial charge < -0.3 is 0 Å². The van der Waals surface area contributed by atoms with Crippen LogP contribution in [0.25, 0.3) is 0 Å². The number of hydrogen-bond donors (Lipinski definition) is 0. The zero-order chi connectivity index (χ0) is 17.0. The third-order valence-electron chi connectivity index (χ3n) is 0.738. The van der Waals surface area contributed by atoms with Gasteiger partial charge in [0.1, 0.15) is 0 Å². The van der Waals surface area contributed by atoms with Gasteiger partial charge in [-0.25, -0.2) is 0 Å². The molecule has 0 fully saturated rings. The Balaban J connectivity index is 6.83. The van der Waals surface area contributed by atoms with Gasteiger partial charge in [-0.1, -0.05) is 27.0 Å². The lowest BCUT2D eigenvalue weighted by Crippen LogP contribution is -2.31. The molecule has 0 aromatic rings. The predicted octanol–water partition coefficient (Wildman–Crippen LogP) is 3.38. The molecule has 0 amide bonds. The Bertz CT molecular complexity index is 321. The summed E-state index contributed by atoms with van der Waals surface area (Å²) in [5.74, 6) is 0. The van der Waals surface area contributed by atoms with Crippen LogP contribution in [0.2, 0.25) is 0 Å². The molecule has 0 spiro atoms. The second-order valence-electron chi connectivity index (χ2n) is 1.62. The maximum atomic E-state index is 13.3. The molecule has 0 saturated heterocycles. The first-order chi connectivity index (χ1) is 8.25. The first-order valence-corrected chi connectivity index (χ1v) is 2.32. The molecule has 0 N–H and O–H groups in total. The standard InChI is InChI=1S/C7H13F3/c1-4-5-6(2,3)7(8,9)10/h4-5H2,1-3H3/i2D3,3D3,4D2,5D2. The van der Waals surface area contributed by atoms with Crippen molar-refractivity contribution in [1.82, 2.24) is 0 Å². The molecule has 0 aromatic carbocycles. The van der Waals surface area contributed by atoms with E-state index < -0.39 is 38.0 Å². The van der Waals surface area contributed by atoms with Gasteiger partial charge in [-0.3, -0.25) is 0 Å². The fourth-order valence-electron chi connectivity index (χ4n) is 0.258. The average molecular weight is 164 g/mol. The smallest absolute Gasteiger partial charge is 0.171 e. The molecule has 0 saturated carbocycles. The SMILES string of the molecule is [2H]C([2H])([2H])C(C([2H])([2H])[2H])(C(F)(F)F)C([2H])([2H])C([2H])([2H])C. The molecule has 3 heteroatoms. The maximum absolute atomic E-state index is 13.3. The summed E-state index contributed by atoms with van der Waals surface area (Å²) in [7, 11) is 0. The van der Waals surface area contributed by atoms with Gasteiger partial charge in [0.05, 0.1) is 5.41 Å². The number of alkyl halides is 3. The molecule has 10 heavy (non-hydrogen) atoms. The van der Waals surface area contributed by atoms with Crippen LogP contribution in [-0.2, 0) is 0 Å². The third kappa shape index (κ3) is 2.20. The largest absolute Gasteiger partial charge is 0.393 e. The molecular formula is C7H13F3. The maximum Gasteiger partial charge on any atom is 0.393 e. The van der Waals surface area contributed by atoms with E-state index in [1.807, 2.05) is 0 Å². The van der Waals surface area contributed by atoms with Crippen LogP contribution in [0.3, 0.4) is 0 Å². The van der Waals surface area contributed by atoms with Gasteiger partial charge >= 0.3 is 6.18 Å².